The number of hydrogen-bond acceptors (Lipinski definition) is 2. The molecular formula is C21H31NO2. The van der Waals surface area contributed by atoms with E-state index in [-0.39, 0.29) is 11.3 Å². The van der Waals surface area contributed by atoms with Gasteiger partial charge < -0.3 is 10.1 Å². The summed E-state index contributed by atoms with van der Waals surface area (Å²) in [4.78, 5) is 23.8. The van der Waals surface area contributed by atoms with E-state index < -0.39 is 0 Å². The van der Waals surface area contributed by atoms with E-state index in [4.69, 9.17) is 0 Å². The van der Waals surface area contributed by atoms with Gasteiger partial charge in [0.2, 0.25) is 5.91 Å². The molecule has 1 amide bonds. The van der Waals surface area contributed by atoms with Gasteiger partial charge in [0.25, 0.3) is 0 Å². The van der Waals surface area contributed by atoms with Crippen molar-refractivity contribution in [3.05, 3.63) is 35.4 Å². The van der Waals surface area contributed by atoms with Crippen LogP contribution in [0.5, 0.6) is 0 Å². The second kappa shape index (κ2) is 9.41. The van der Waals surface area contributed by atoms with E-state index in [1.165, 1.54) is 0 Å². The SMILES string of the molecule is C/C=C(/C)c1ccc(NC(=O)C(C)(CCC)CCC)cc1CC=O. The predicted octanol–water partition coefficient (Wildman–Crippen LogP) is 5.40. The standard InChI is InChI=1S/C21H31NO2/c1-6-12-21(5,13-7-2)20(24)22-18-9-10-19(16(4)8-3)17(15-18)11-14-23/h8-10,14-15H,6-7,11-13H2,1-5H3,(H,22,24)/b16-8-. The summed E-state index contributed by atoms with van der Waals surface area (Å²) in [5, 5.41) is 3.06. The van der Waals surface area contributed by atoms with Crippen molar-refractivity contribution in [2.45, 2.75) is 66.7 Å². The van der Waals surface area contributed by atoms with Crippen LogP contribution < -0.4 is 5.32 Å². The molecule has 0 spiro atoms. The molecule has 0 heterocycles. The minimum atomic E-state index is -0.341. The van der Waals surface area contributed by atoms with E-state index in [2.05, 4.69) is 19.2 Å². The quantitative estimate of drug-likeness (QED) is 0.617. The van der Waals surface area contributed by atoms with Crippen LogP contribution in [0.3, 0.4) is 0 Å². The Kier molecular flexibility index (Phi) is 7.90. The van der Waals surface area contributed by atoms with Gasteiger partial charge in [-0.05, 0) is 55.5 Å². The van der Waals surface area contributed by atoms with Crippen LogP contribution in [0.25, 0.3) is 5.57 Å². The monoisotopic (exact) mass is 329 g/mol. The van der Waals surface area contributed by atoms with Gasteiger partial charge >= 0.3 is 0 Å². The van der Waals surface area contributed by atoms with Gasteiger partial charge in [-0.2, -0.15) is 0 Å². The first-order valence-electron chi connectivity index (χ1n) is 8.93. The number of carbonyl (C=O) groups is 2. The molecule has 0 bridgehead atoms. The third kappa shape index (κ3) is 5.05. The van der Waals surface area contributed by atoms with Crippen LogP contribution in [0.4, 0.5) is 5.69 Å². The molecule has 0 aliphatic heterocycles. The number of carbonyl (C=O) groups excluding carboxylic acids is 2. The highest BCUT2D eigenvalue weighted by atomic mass is 16.2. The largest absolute Gasteiger partial charge is 0.326 e. The zero-order valence-electron chi connectivity index (χ0n) is 15.7. The molecule has 0 atom stereocenters. The second-order valence-corrected chi connectivity index (χ2v) is 6.73. The number of anilines is 1. The highest BCUT2D eigenvalue weighted by Crippen LogP contribution is 2.31. The van der Waals surface area contributed by atoms with Gasteiger partial charge in [-0.15, -0.1) is 0 Å². The summed E-state index contributed by atoms with van der Waals surface area (Å²) in [6, 6.07) is 5.83. The molecule has 1 N–H and O–H groups in total. The van der Waals surface area contributed by atoms with Crippen LogP contribution in [0, 0.1) is 5.41 Å². The minimum absolute atomic E-state index is 0.0683. The average molecular weight is 329 g/mol. The first-order chi connectivity index (χ1) is 11.4. The molecule has 3 nitrogen and oxygen atoms in total. The lowest BCUT2D eigenvalue weighted by Gasteiger charge is -2.27. The van der Waals surface area contributed by atoms with Crippen LogP contribution in [0.2, 0.25) is 0 Å². The van der Waals surface area contributed by atoms with E-state index in [1.54, 1.807) is 0 Å². The van der Waals surface area contributed by atoms with Crippen molar-refractivity contribution in [1.29, 1.82) is 0 Å². The maximum absolute atomic E-state index is 12.8. The third-order valence-corrected chi connectivity index (χ3v) is 4.68. The molecule has 1 rings (SSSR count). The van der Waals surface area contributed by atoms with Gasteiger partial charge in [0.1, 0.15) is 6.29 Å². The normalized spacial score (nSPS) is 12.1. The van der Waals surface area contributed by atoms with Gasteiger partial charge in [-0.25, -0.2) is 0 Å². The molecule has 0 aliphatic rings. The Hall–Kier alpha value is -1.90. The number of hydrogen-bond donors (Lipinski definition) is 1. The highest BCUT2D eigenvalue weighted by molar-refractivity contribution is 5.95. The zero-order valence-corrected chi connectivity index (χ0v) is 15.7. The van der Waals surface area contributed by atoms with Gasteiger partial charge in [-0.1, -0.05) is 45.8 Å². The van der Waals surface area contributed by atoms with Crippen molar-refractivity contribution in [2.75, 3.05) is 5.32 Å². The minimum Gasteiger partial charge on any atom is -0.326 e. The van der Waals surface area contributed by atoms with Crippen LogP contribution in [-0.2, 0) is 16.0 Å². The Balaban J connectivity index is 3.08. The number of rotatable bonds is 9. The Labute approximate surface area is 146 Å². The summed E-state index contributed by atoms with van der Waals surface area (Å²) in [5.41, 5.74) is 3.57. The summed E-state index contributed by atoms with van der Waals surface area (Å²) < 4.78 is 0. The van der Waals surface area contributed by atoms with Crippen molar-refractivity contribution in [3.8, 4) is 0 Å². The van der Waals surface area contributed by atoms with Crippen molar-refractivity contribution in [3.63, 3.8) is 0 Å². The molecular weight excluding hydrogens is 298 g/mol. The lowest BCUT2D eigenvalue weighted by atomic mass is 9.80. The third-order valence-electron chi connectivity index (χ3n) is 4.68. The van der Waals surface area contributed by atoms with Gasteiger partial charge in [0.05, 0.1) is 0 Å². The molecule has 3 heteroatoms. The molecule has 0 aliphatic carbocycles. The van der Waals surface area contributed by atoms with E-state index in [0.29, 0.717) is 6.42 Å². The smallest absolute Gasteiger partial charge is 0.230 e. The maximum atomic E-state index is 12.8. The number of aldehydes is 1. The Morgan fingerprint density at radius 2 is 1.83 bits per heavy atom. The summed E-state index contributed by atoms with van der Waals surface area (Å²) in [7, 11) is 0. The molecule has 0 unspecified atom stereocenters. The maximum Gasteiger partial charge on any atom is 0.230 e. The Morgan fingerprint density at radius 3 is 2.33 bits per heavy atom. The summed E-state index contributed by atoms with van der Waals surface area (Å²) in [5.74, 6) is 0.0683. The van der Waals surface area contributed by atoms with E-state index >= 15 is 0 Å². The second-order valence-electron chi connectivity index (χ2n) is 6.73. The first kappa shape index (κ1) is 20.1. The predicted molar refractivity (Wildman–Crippen MR) is 102 cm³/mol. The summed E-state index contributed by atoms with van der Waals surface area (Å²) in [6.07, 6.45) is 7.02. The zero-order chi connectivity index (χ0) is 18.2. The fraction of sp³-hybridized carbons (Fsp3) is 0.524. The number of benzene rings is 1. The van der Waals surface area contributed by atoms with Crippen LogP contribution in [-0.4, -0.2) is 12.2 Å². The molecule has 0 aromatic heterocycles. The van der Waals surface area contributed by atoms with Crippen molar-refractivity contribution < 1.29 is 9.59 Å². The van der Waals surface area contributed by atoms with Crippen molar-refractivity contribution >= 4 is 23.5 Å². The lowest BCUT2D eigenvalue weighted by molar-refractivity contribution is -0.125. The Morgan fingerprint density at radius 1 is 1.21 bits per heavy atom. The fourth-order valence-electron chi connectivity index (χ4n) is 3.21. The molecule has 1 aromatic rings. The summed E-state index contributed by atoms with van der Waals surface area (Å²) in [6.45, 7) is 10.3. The molecule has 24 heavy (non-hydrogen) atoms. The van der Waals surface area contributed by atoms with Gasteiger partial charge in [-0.3, -0.25) is 4.79 Å². The van der Waals surface area contributed by atoms with Crippen molar-refractivity contribution in [1.82, 2.24) is 0 Å². The Bertz CT molecular complexity index is 596. The van der Waals surface area contributed by atoms with E-state index in [1.807, 2.05) is 45.0 Å². The molecule has 132 valence electrons. The van der Waals surface area contributed by atoms with Gasteiger partial charge in [0.15, 0.2) is 0 Å². The van der Waals surface area contributed by atoms with Crippen LogP contribution >= 0.6 is 0 Å². The first-order valence-corrected chi connectivity index (χ1v) is 8.93. The van der Waals surface area contributed by atoms with Gasteiger partial charge in [0, 0.05) is 17.5 Å². The molecule has 1 aromatic carbocycles. The molecule has 0 fully saturated rings. The van der Waals surface area contributed by atoms with Crippen molar-refractivity contribution in [2.24, 2.45) is 5.41 Å². The number of allylic oxidation sites excluding steroid dienone is 2. The molecule has 0 saturated carbocycles. The number of amides is 1. The topological polar surface area (TPSA) is 46.2 Å². The van der Waals surface area contributed by atoms with E-state index in [0.717, 1.165) is 54.4 Å². The van der Waals surface area contributed by atoms with Crippen LogP contribution in [0.1, 0.15) is 71.4 Å². The van der Waals surface area contributed by atoms with Crippen LogP contribution in [0.15, 0.2) is 24.3 Å². The van der Waals surface area contributed by atoms with E-state index in [9.17, 15) is 9.59 Å². The summed E-state index contributed by atoms with van der Waals surface area (Å²) >= 11 is 0. The number of nitrogens with one attached hydrogen (secondary N) is 1. The highest BCUT2D eigenvalue weighted by Gasteiger charge is 2.31. The molecule has 0 saturated heterocycles. The lowest BCUT2D eigenvalue weighted by Crippen LogP contribution is -2.33. The fourth-order valence-corrected chi connectivity index (χ4v) is 3.21. The molecule has 0 radical (unpaired) electrons. The average Bonchev–Trinajstić information content (AvgIpc) is 2.55.